The number of hydrogen-bond acceptors (Lipinski definition) is 4. The van der Waals surface area contributed by atoms with E-state index in [9.17, 15) is 0 Å². The number of nitrogens with one attached hydrogen (secondary N) is 2. The zero-order valence-corrected chi connectivity index (χ0v) is 19.3. The van der Waals surface area contributed by atoms with Crippen LogP contribution in [0.25, 0.3) is 0 Å². The van der Waals surface area contributed by atoms with Crippen LogP contribution in [-0.4, -0.2) is 42.1 Å². The van der Waals surface area contributed by atoms with Crippen LogP contribution in [0.2, 0.25) is 0 Å². The van der Waals surface area contributed by atoms with Gasteiger partial charge in [0.2, 0.25) is 0 Å². The molecule has 0 amide bonds. The minimum atomic E-state index is 0. The minimum Gasteiger partial charge on any atom is -0.356 e. The molecule has 0 aliphatic heterocycles. The normalized spacial score (nSPS) is 12.7. The van der Waals surface area contributed by atoms with Crippen molar-refractivity contribution in [2.24, 2.45) is 4.99 Å². The fourth-order valence-electron chi connectivity index (χ4n) is 1.65. The Bertz CT molecular complexity index is 493. The molecule has 1 heterocycles. The summed E-state index contributed by atoms with van der Waals surface area (Å²) >= 11 is 3.59. The summed E-state index contributed by atoms with van der Waals surface area (Å²) in [5, 5.41) is 10.1. The highest BCUT2D eigenvalue weighted by Gasteiger charge is 2.18. The molecular formula is C16H31IN4S2. The van der Waals surface area contributed by atoms with Crippen molar-refractivity contribution in [3.05, 3.63) is 16.1 Å². The van der Waals surface area contributed by atoms with Crippen molar-refractivity contribution in [2.75, 3.05) is 26.4 Å². The number of halogens is 1. The average Bonchev–Trinajstić information content (AvgIpc) is 2.91. The number of aromatic nitrogens is 1. The Hall–Kier alpha value is -0.0200. The standard InChI is InChI=1S/C16H30N4S2.HI/c1-15(2,3)12-10-22-13(20-12)8-9-18-14(17-6)19-11-16(4,5)21-7;/h10H,8-9,11H2,1-7H3,(H2,17,18,19);1H. The second-order valence-electron chi connectivity index (χ2n) is 6.94. The lowest BCUT2D eigenvalue weighted by molar-refractivity contribution is 0.570. The topological polar surface area (TPSA) is 49.3 Å². The van der Waals surface area contributed by atoms with Crippen molar-refractivity contribution in [1.82, 2.24) is 15.6 Å². The monoisotopic (exact) mass is 470 g/mol. The number of aliphatic imine (C=N–C) groups is 1. The number of nitrogens with zero attached hydrogens (tertiary/aromatic N) is 2. The fraction of sp³-hybridized carbons (Fsp3) is 0.750. The fourth-order valence-corrected chi connectivity index (χ4v) is 2.89. The van der Waals surface area contributed by atoms with E-state index in [0.29, 0.717) is 0 Å². The predicted octanol–water partition coefficient (Wildman–Crippen LogP) is 3.91. The summed E-state index contributed by atoms with van der Waals surface area (Å²) in [5.74, 6) is 0.856. The van der Waals surface area contributed by atoms with E-state index >= 15 is 0 Å². The molecule has 2 N–H and O–H groups in total. The summed E-state index contributed by atoms with van der Waals surface area (Å²) in [7, 11) is 1.81. The minimum absolute atomic E-state index is 0. The van der Waals surface area contributed by atoms with Crippen LogP contribution in [-0.2, 0) is 11.8 Å². The zero-order chi connectivity index (χ0) is 16.8. The van der Waals surface area contributed by atoms with Crippen LogP contribution in [0, 0.1) is 0 Å². The molecular weight excluding hydrogens is 439 g/mol. The molecule has 0 spiro atoms. The van der Waals surface area contributed by atoms with Crippen LogP contribution in [0.15, 0.2) is 10.4 Å². The van der Waals surface area contributed by atoms with Gasteiger partial charge < -0.3 is 10.6 Å². The lowest BCUT2D eigenvalue weighted by Gasteiger charge is -2.23. The molecule has 4 nitrogen and oxygen atoms in total. The maximum Gasteiger partial charge on any atom is 0.191 e. The van der Waals surface area contributed by atoms with Crippen molar-refractivity contribution in [3.63, 3.8) is 0 Å². The molecule has 134 valence electrons. The number of guanidine groups is 1. The predicted molar refractivity (Wildman–Crippen MR) is 117 cm³/mol. The van der Waals surface area contributed by atoms with Gasteiger partial charge in [-0.2, -0.15) is 11.8 Å². The van der Waals surface area contributed by atoms with Crippen molar-refractivity contribution in [2.45, 2.75) is 51.2 Å². The van der Waals surface area contributed by atoms with Crippen LogP contribution >= 0.6 is 47.1 Å². The van der Waals surface area contributed by atoms with E-state index < -0.39 is 0 Å². The first kappa shape index (κ1) is 23.0. The third-order valence-electron chi connectivity index (χ3n) is 3.41. The molecule has 0 aliphatic rings. The van der Waals surface area contributed by atoms with Gasteiger partial charge in [0.1, 0.15) is 0 Å². The van der Waals surface area contributed by atoms with Gasteiger partial charge in [-0.1, -0.05) is 20.8 Å². The highest BCUT2D eigenvalue weighted by Crippen LogP contribution is 2.23. The van der Waals surface area contributed by atoms with Crippen molar-refractivity contribution < 1.29 is 0 Å². The molecule has 0 bridgehead atoms. The van der Waals surface area contributed by atoms with E-state index in [4.69, 9.17) is 4.98 Å². The highest BCUT2D eigenvalue weighted by atomic mass is 127. The van der Waals surface area contributed by atoms with E-state index in [1.165, 1.54) is 10.7 Å². The maximum absolute atomic E-state index is 4.72. The summed E-state index contributed by atoms with van der Waals surface area (Å²) in [6, 6.07) is 0. The first-order chi connectivity index (χ1) is 10.2. The van der Waals surface area contributed by atoms with E-state index in [-0.39, 0.29) is 34.1 Å². The van der Waals surface area contributed by atoms with Gasteiger partial charge in [-0.15, -0.1) is 35.3 Å². The SMILES string of the molecule is CN=C(NCCc1nc(C(C)(C)C)cs1)NCC(C)(C)SC.I. The summed E-state index contributed by atoms with van der Waals surface area (Å²) in [6.45, 7) is 12.8. The van der Waals surface area contributed by atoms with Gasteiger partial charge in [-0.3, -0.25) is 4.99 Å². The Kier molecular flexibility index (Phi) is 10.1. The summed E-state index contributed by atoms with van der Waals surface area (Å²) in [6.07, 6.45) is 3.06. The third kappa shape index (κ3) is 8.58. The molecule has 0 aromatic carbocycles. The first-order valence-corrected chi connectivity index (χ1v) is 9.73. The van der Waals surface area contributed by atoms with Gasteiger partial charge in [-0.05, 0) is 20.1 Å². The number of thioether (sulfide) groups is 1. The quantitative estimate of drug-likeness (QED) is 0.376. The molecule has 0 unspecified atom stereocenters. The van der Waals surface area contributed by atoms with Gasteiger partial charge in [0.25, 0.3) is 0 Å². The Morgan fingerprint density at radius 1 is 1.26 bits per heavy atom. The molecule has 0 atom stereocenters. The van der Waals surface area contributed by atoms with Crippen LogP contribution in [0.3, 0.4) is 0 Å². The Balaban J connectivity index is 0.00000484. The van der Waals surface area contributed by atoms with Crippen LogP contribution < -0.4 is 10.6 Å². The lowest BCUT2D eigenvalue weighted by Crippen LogP contribution is -2.43. The van der Waals surface area contributed by atoms with E-state index in [1.54, 1.807) is 11.3 Å². The summed E-state index contributed by atoms with van der Waals surface area (Å²) in [4.78, 5) is 8.99. The van der Waals surface area contributed by atoms with Gasteiger partial charge in [0.15, 0.2) is 5.96 Å². The molecule has 0 radical (unpaired) electrons. The summed E-state index contributed by atoms with van der Waals surface area (Å²) in [5.41, 5.74) is 1.31. The molecule has 23 heavy (non-hydrogen) atoms. The molecule has 1 rings (SSSR count). The molecule has 0 saturated carbocycles. The lowest BCUT2D eigenvalue weighted by atomic mass is 9.93. The van der Waals surface area contributed by atoms with Gasteiger partial charge >= 0.3 is 0 Å². The Labute approximate surface area is 166 Å². The van der Waals surface area contributed by atoms with Gasteiger partial charge in [0.05, 0.1) is 10.7 Å². The maximum atomic E-state index is 4.72. The molecule has 1 aromatic heterocycles. The second-order valence-corrected chi connectivity index (χ2v) is 9.40. The Morgan fingerprint density at radius 2 is 1.91 bits per heavy atom. The van der Waals surface area contributed by atoms with Crippen molar-refractivity contribution >= 4 is 53.0 Å². The van der Waals surface area contributed by atoms with Crippen LogP contribution in [0.1, 0.15) is 45.3 Å². The van der Waals surface area contributed by atoms with Crippen LogP contribution in [0.5, 0.6) is 0 Å². The molecule has 0 aliphatic carbocycles. The number of thiazole rings is 1. The first-order valence-electron chi connectivity index (χ1n) is 7.62. The summed E-state index contributed by atoms with van der Waals surface area (Å²) < 4.78 is 0.203. The largest absolute Gasteiger partial charge is 0.356 e. The second kappa shape index (κ2) is 10.1. The van der Waals surface area contributed by atoms with Gasteiger partial charge in [-0.25, -0.2) is 4.98 Å². The third-order valence-corrected chi connectivity index (χ3v) is 5.57. The Morgan fingerprint density at radius 3 is 2.39 bits per heavy atom. The van der Waals surface area contributed by atoms with E-state index in [1.807, 2.05) is 18.8 Å². The zero-order valence-electron chi connectivity index (χ0n) is 15.3. The molecule has 7 heteroatoms. The highest BCUT2D eigenvalue weighted by molar-refractivity contribution is 14.0. The van der Waals surface area contributed by atoms with Crippen LogP contribution in [0.4, 0.5) is 0 Å². The van der Waals surface area contributed by atoms with Crippen molar-refractivity contribution in [1.29, 1.82) is 0 Å². The van der Waals surface area contributed by atoms with E-state index in [2.05, 4.69) is 61.9 Å². The molecule has 0 fully saturated rings. The smallest absolute Gasteiger partial charge is 0.191 e. The number of hydrogen-bond donors (Lipinski definition) is 2. The van der Waals surface area contributed by atoms with Crippen molar-refractivity contribution in [3.8, 4) is 0 Å². The van der Waals surface area contributed by atoms with Gasteiger partial charge in [0, 0.05) is 42.1 Å². The number of rotatable bonds is 6. The molecule has 0 saturated heterocycles. The molecule has 1 aromatic rings. The van der Waals surface area contributed by atoms with E-state index in [0.717, 1.165) is 25.5 Å². The average molecular weight is 470 g/mol.